The molecule has 0 saturated carbocycles. The molecule has 0 radical (unpaired) electrons. The van der Waals surface area contributed by atoms with Crippen molar-refractivity contribution in [1.29, 1.82) is 5.26 Å². The van der Waals surface area contributed by atoms with Crippen LogP contribution in [0.4, 0.5) is 5.82 Å². The van der Waals surface area contributed by atoms with Gasteiger partial charge in [-0.3, -0.25) is 0 Å². The Balaban J connectivity index is 1.50. The highest BCUT2D eigenvalue weighted by molar-refractivity contribution is 6.01. The van der Waals surface area contributed by atoms with Gasteiger partial charge in [-0.05, 0) is 30.5 Å². The van der Waals surface area contributed by atoms with Crippen LogP contribution in [-0.2, 0) is 0 Å². The number of nitrogens with one attached hydrogen (secondary N) is 2. The number of hydrogen-bond acceptors (Lipinski definition) is 5. The Morgan fingerprint density at radius 2 is 2.00 bits per heavy atom. The standard InChI is InChI=1S/C21H19N7/c22-11-14-2-1-3-16(10-14)17-12-25-20-18(17)21(27-13-26-20)28-8-4-15(5-9-28)19-23-6-7-24-19/h1-3,6-7,10,12-13,15H,4-5,8-9H2,(H,23,24)(H,25,26,27). The van der Waals surface area contributed by atoms with Gasteiger partial charge in [0, 0.05) is 43.2 Å². The minimum absolute atomic E-state index is 0.460. The Morgan fingerprint density at radius 1 is 1.11 bits per heavy atom. The number of imidazole rings is 1. The predicted octanol–water partition coefficient (Wildman–Crippen LogP) is 3.60. The van der Waals surface area contributed by atoms with Crippen molar-refractivity contribution in [3.63, 3.8) is 0 Å². The van der Waals surface area contributed by atoms with E-state index in [1.807, 2.05) is 42.9 Å². The van der Waals surface area contributed by atoms with Gasteiger partial charge in [0.15, 0.2) is 0 Å². The maximum absolute atomic E-state index is 9.24. The molecule has 3 aromatic heterocycles. The Kier molecular flexibility index (Phi) is 4.02. The number of piperidine rings is 1. The SMILES string of the molecule is N#Cc1cccc(-c2c[nH]c3ncnc(N4CCC(c5ncc[nH]5)CC4)c23)c1. The second-order valence-electron chi connectivity index (χ2n) is 7.05. The summed E-state index contributed by atoms with van der Waals surface area (Å²) < 4.78 is 0. The number of H-pyrrole nitrogens is 2. The van der Waals surface area contributed by atoms with Gasteiger partial charge in [0.25, 0.3) is 0 Å². The fraction of sp³-hybridized carbons (Fsp3) is 0.238. The molecule has 1 aliphatic heterocycles. The van der Waals surface area contributed by atoms with Crippen molar-refractivity contribution in [2.24, 2.45) is 0 Å². The summed E-state index contributed by atoms with van der Waals surface area (Å²) in [6.45, 7) is 1.83. The number of fused-ring (bicyclic) bond motifs is 1. The third-order valence-electron chi connectivity index (χ3n) is 5.45. The largest absolute Gasteiger partial charge is 0.356 e. The molecule has 4 aromatic rings. The molecule has 0 atom stereocenters. The van der Waals surface area contributed by atoms with Crippen LogP contribution in [0, 0.1) is 11.3 Å². The molecule has 0 unspecified atom stereocenters. The van der Waals surface area contributed by atoms with Crippen LogP contribution in [0.25, 0.3) is 22.2 Å². The fourth-order valence-corrected chi connectivity index (χ4v) is 4.04. The molecule has 5 rings (SSSR count). The molecule has 0 spiro atoms. The summed E-state index contributed by atoms with van der Waals surface area (Å²) in [6, 6.07) is 9.86. The van der Waals surface area contributed by atoms with Crippen molar-refractivity contribution in [2.75, 3.05) is 18.0 Å². The molecular weight excluding hydrogens is 350 g/mol. The number of aromatic amines is 2. The van der Waals surface area contributed by atoms with Crippen LogP contribution in [0.5, 0.6) is 0 Å². The monoisotopic (exact) mass is 369 g/mol. The van der Waals surface area contributed by atoms with Crippen LogP contribution in [0.2, 0.25) is 0 Å². The lowest BCUT2D eigenvalue weighted by atomic mass is 9.95. The number of nitriles is 1. The Morgan fingerprint density at radius 3 is 2.79 bits per heavy atom. The van der Waals surface area contributed by atoms with Crippen LogP contribution < -0.4 is 4.90 Å². The van der Waals surface area contributed by atoms with E-state index in [4.69, 9.17) is 0 Å². The molecule has 1 fully saturated rings. The van der Waals surface area contributed by atoms with Crippen molar-refractivity contribution < 1.29 is 0 Å². The normalized spacial score (nSPS) is 15.0. The highest BCUT2D eigenvalue weighted by atomic mass is 15.2. The molecule has 28 heavy (non-hydrogen) atoms. The zero-order chi connectivity index (χ0) is 18.9. The Hall–Kier alpha value is -3.66. The number of rotatable bonds is 3. The number of hydrogen-bond donors (Lipinski definition) is 2. The third kappa shape index (κ3) is 2.79. The van der Waals surface area contributed by atoms with Crippen LogP contribution in [0.1, 0.15) is 30.1 Å². The summed E-state index contributed by atoms with van der Waals surface area (Å²) in [5.74, 6) is 2.48. The molecule has 4 heterocycles. The van der Waals surface area contributed by atoms with Gasteiger partial charge >= 0.3 is 0 Å². The van der Waals surface area contributed by atoms with Crippen LogP contribution in [0.3, 0.4) is 0 Å². The van der Waals surface area contributed by atoms with Crippen LogP contribution >= 0.6 is 0 Å². The molecule has 138 valence electrons. The maximum atomic E-state index is 9.24. The van der Waals surface area contributed by atoms with E-state index in [2.05, 4.69) is 35.9 Å². The lowest BCUT2D eigenvalue weighted by Gasteiger charge is -2.32. The van der Waals surface area contributed by atoms with Gasteiger partial charge in [-0.15, -0.1) is 0 Å². The second kappa shape index (κ2) is 6.82. The first kappa shape index (κ1) is 16.5. The van der Waals surface area contributed by atoms with Gasteiger partial charge in [0.2, 0.25) is 0 Å². The van der Waals surface area contributed by atoms with E-state index >= 15 is 0 Å². The summed E-state index contributed by atoms with van der Waals surface area (Å²) in [7, 11) is 0. The van der Waals surface area contributed by atoms with Gasteiger partial charge in [0.1, 0.15) is 23.6 Å². The summed E-state index contributed by atoms with van der Waals surface area (Å²) in [6.07, 6.45) is 9.33. The summed E-state index contributed by atoms with van der Waals surface area (Å²) >= 11 is 0. The molecular formula is C21H19N7. The lowest BCUT2D eigenvalue weighted by molar-refractivity contribution is 0.487. The minimum atomic E-state index is 0.460. The van der Waals surface area contributed by atoms with Crippen molar-refractivity contribution in [1.82, 2.24) is 24.9 Å². The topological polar surface area (TPSA) is 97.3 Å². The predicted molar refractivity (Wildman–Crippen MR) is 107 cm³/mol. The summed E-state index contributed by atoms with van der Waals surface area (Å²) in [5, 5.41) is 10.2. The molecule has 7 nitrogen and oxygen atoms in total. The first-order valence-electron chi connectivity index (χ1n) is 9.40. The first-order valence-corrected chi connectivity index (χ1v) is 9.40. The van der Waals surface area contributed by atoms with Gasteiger partial charge in [0.05, 0.1) is 17.0 Å². The van der Waals surface area contributed by atoms with E-state index in [1.54, 1.807) is 6.33 Å². The summed E-state index contributed by atoms with van der Waals surface area (Å²) in [5.41, 5.74) is 3.47. The number of benzene rings is 1. The van der Waals surface area contributed by atoms with Gasteiger partial charge < -0.3 is 14.9 Å². The van der Waals surface area contributed by atoms with E-state index < -0.39 is 0 Å². The summed E-state index contributed by atoms with van der Waals surface area (Å²) in [4.78, 5) is 22.3. The molecule has 7 heteroatoms. The Labute approximate surface area is 162 Å². The highest BCUT2D eigenvalue weighted by Gasteiger charge is 2.25. The van der Waals surface area contributed by atoms with Crippen molar-refractivity contribution in [3.8, 4) is 17.2 Å². The third-order valence-corrected chi connectivity index (χ3v) is 5.45. The van der Waals surface area contributed by atoms with E-state index in [0.29, 0.717) is 11.5 Å². The average molecular weight is 369 g/mol. The van der Waals surface area contributed by atoms with Gasteiger partial charge in [-0.2, -0.15) is 5.26 Å². The smallest absolute Gasteiger partial charge is 0.143 e. The van der Waals surface area contributed by atoms with E-state index in [9.17, 15) is 5.26 Å². The zero-order valence-electron chi connectivity index (χ0n) is 15.3. The Bertz CT molecular complexity index is 1150. The highest BCUT2D eigenvalue weighted by Crippen LogP contribution is 2.36. The molecule has 1 aliphatic rings. The quantitative estimate of drug-likeness (QED) is 0.575. The molecule has 0 amide bonds. The molecule has 1 saturated heterocycles. The number of anilines is 1. The van der Waals surface area contributed by atoms with Crippen molar-refractivity contribution in [3.05, 3.63) is 60.6 Å². The molecule has 0 bridgehead atoms. The molecule has 2 N–H and O–H groups in total. The zero-order valence-corrected chi connectivity index (χ0v) is 15.3. The van der Waals surface area contributed by atoms with E-state index in [1.165, 1.54) is 0 Å². The minimum Gasteiger partial charge on any atom is -0.356 e. The van der Waals surface area contributed by atoms with Crippen molar-refractivity contribution >= 4 is 16.9 Å². The first-order chi connectivity index (χ1) is 13.8. The maximum Gasteiger partial charge on any atom is 0.143 e. The average Bonchev–Trinajstić information content (AvgIpc) is 3.44. The molecule has 1 aromatic carbocycles. The van der Waals surface area contributed by atoms with Gasteiger partial charge in [-0.1, -0.05) is 12.1 Å². The number of aromatic nitrogens is 5. The van der Waals surface area contributed by atoms with Crippen LogP contribution in [0.15, 0.2) is 49.2 Å². The number of nitrogens with zero attached hydrogens (tertiary/aromatic N) is 5. The van der Waals surface area contributed by atoms with E-state index in [-0.39, 0.29) is 0 Å². The van der Waals surface area contributed by atoms with Crippen LogP contribution in [-0.4, -0.2) is 38.0 Å². The van der Waals surface area contributed by atoms with Crippen molar-refractivity contribution in [2.45, 2.75) is 18.8 Å². The van der Waals surface area contributed by atoms with Gasteiger partial charge in [-0.25, -0.2) is 15.0 Å². The fourth-order valence-electron chi connectivity index (χ4n) is 4.04. The lowest BCUT2D eigenvalue weighted by Crippen LogP contribution is -2.34. The second-order valence-corrected chi connectivity index (χ2v) is 7.05. The van der Waals surface area contributed by atoms with E-state index in [0.717, 1.165) is 59.7 Å². The molecule has 0 aliphatic carbocycles.